The molecule has 0 saturated carbocycles. The third-order valence-electron chi connectivity index (χ3n) is 3.46. The molecular weight excluding hydrogens is 264 g/mol. The van der Waals surface area contributed by atoms with Crippen molar-refractivity contribution in [2.75, 3.05) is 6.61 Å². The summed E-state index contributed by atoms with van der Waals surface area (Å²) in [5, 5.41) is 10.1. The Morgan fingerprint density at radius 1 is 1.24 bits per heavy atom. The summed E-state index contributed by atoms with van der Waals surface area (Å²) in [6, 6.07) is 8.00. The van der Waals surface area contributed by atoms with Gasteiger partial charge >= 0.3 is 0 Å². The van der Waals surface area contributed by atoms with Crippen LogP contribution in [0.15, 0.2) is 36.7 Å². The largest absolute Gasteiger partial charge is 0.491 e. The highest BCUT2D eigenvalue weighted by Crippen LogP contribution is 2.13. The molecular formula is C17H24N2O2. The Morgan fingerprint density at radius 3 is 2.67 bits per heavy atom. The zero-order valence-corrected chi connectivity index (χ0v) is 12.8. The highest BCUT2D eigenvalue weighted by molar-refractivity contribution is 5.27. The molecule has 0 saturated heterocycles. The van der Waals surface area contributed by atoms with Crippen molar-refractivity contribution in [2.45, 2.75) is 45.8 Å². The van der Waals surface area contributed by atoms with E-state index in [1.165, 1.54) is 5.56 Å². The Hall–Kier alpha value is -1.81. The van der Waals surface area contributed by atoms with E-state index in [0.717, 1.165) is 30.8 Å². The molecule has 0 aliphatic carbocycles. The predicted octanol–water partition coefficient (Wildman–Crippen LogP) is 2.84. The van der Waals surface area contributed by atoms with Gasteiger partial charge in [-0.3, -0.25) is 0 Å². The van der Waals surface area contributed by atoms with Crippen LogP contribution in [0, 0.1) is 0 Å². The van der Waals surface area contributed by atoms with Crippen LogP contribution in [0.25, 0.3) is 0 Å². The number of rotatable bonds is 8. The molecule has 1 N–H and O–H groups in total. The average Bonchev–Trinajstić information content (AvgIpc) is 2.93. The summed E-state index contributed by atoms with van der Waals surface area (Å²) in [5.74, 6) is 1.81. The monoisotopic (exact) mass is 288 g/mol. The molecule has 1 atom stereocenters. The third-order valence-corrected chi connectivity index (χ3v) is 3.46. The standard InChI is InChI=1S/C17H24N2O2/c1-3-5-17-18-10-11-19(17)12-15(20)13-21-16-8-6-14(4-2)7-9-16/h6-11,15,20H,3-5,12-13H2,1-2H3. The van der Waals surface area contributed by atoms with E-state index < -0.39 is 6.10 Å². The van der Waals surface area contributed by atoms with Crippen molar-refractivity contribution >= 4 is 0 Å². The van der Waals surface area contributed by atoms with Gasteiger partial charge in [0.25, 0.3) is 0 Å². The number of hydrogen-bond acceptors (Lipinski definition) is 3. The highest BCUT2D eigenvalue weighted by Gasteiger charge is 2.09. The first-order valence-electron chi connectivity index (χ1n) is 7.62. The summed E-state index contributed by atoms with van der Waals surface area (Å²) >= 11 is 0. The van der Waals surface area contributed by atoms with Gasteiger partial charge in [0.05, 0.1) is 6.54 Å². The maximum absolute atomic E-state index is 10.1. The van der Waals surface area contributed by atoms with Crippen molar-refractivity contribution in [2.24, 2.45) is 0 Å². The molecule has 1 unspecified atom stereocenters. The van der Waals surface area contributed by atoms with Gasteiger partial charge < -0.3 is 14.4 Å². The van der Waals surface area contributed by atoms with Gasteiger partial charge in [-0.1, -0.05) is 26.0 Å². The van der Waals surface area contributed by atoms with Gasteiger partial charge in [-0.25, -0.2) is 4.98 Å². The fourth-order valence-corrected chi connectivity index (χ4v) is 2.25. The molecule has 21 heavy (non-hydrogen) atoms. The van der Waals surface area contributed by atoms with Crippen LogP contribution in [0.4, 0.5) is 0 Å². The summed E-state index contributed by atoms with van der Waals surface area (Å²) in [5.41, 5.74) is 1.28. The number of aliphatic hydroxyl groups is 1. The number of aryl methyl sites for hydroxylation is 2. The van der Waals surface area contributed by atoms with E-state index in [4.69, 9.17) is 4.74 Å². The number of aliphatic hydroxyl groups excluding tert-OH is 1. The fraction of sp³-hybridized carbons (Fsp3) is 0.471. The SMILES string of the molecule is CCCc1nccn1CC(O)COc1ccc(CC)cc1. The Bertz CT molecular complexity index is 534. The van der Waals surface area contributed by atoms with Crippen molar-refractivity contribution in [1.29, 1.82) is 0 Å². The molecule has 114 valence electrons. The van der Waals surface area contributed by atoms with Crippen LogP contribution in [0.3, 0.4) is 0 Å². The van der Waals surface area contributed by atoms with Gasteiger partial charge in [0.1, 0.15) is 24.3 Å². The molecule has 0 spiro atoms. The number of hydrogen-bond donors (Lipinski definition) is 1. The van der Waals surface area contributed by atoms with Crippen molar-refractivity contribution in [3.63, 3.8) is 0 Å². The summed E-state index contributed by atoms with van der Waals surface area (Å²) in [7, 11) is 0. The van der Waals surface area contributed by atoms with Crippen molar-refractivity contribution in [1.82, 2.24) is 9.55 Å². The van der Waals surface area contributed by atoms with Gasteiger partial charge in [-0.05, 0) is 30.5 Å². The van der Waals surface area contributed by atoms with E-state index in [9.17, 15) is 5.11 Å². The summed E-state index contributed by atoms with van der Waals surface area (Å²) < 4.78 is 7.63. The maximum atomic E-state index is 10.1. The zero-order chi connectivity index (χ0) is 15.1. The molecule has 0 radical (unpaired) electrons. The minimum Gasteiger partial charge on any atom is -0.491 e. The normalized spacial score (nSPS) is 12.3. The summed E-state index contributed by atoms with van der Waals surface area (Å²) in [6.07, 6.45) is 6.14. The minimum absolute atomic E-state index is 0.287. The Balaban J connectivity index is 1.83. The molecule has 1 aromatic heterocycles. The quantitative estimate of drug-likeness (QED) is 0.812. The average molecular weight is 288 g/mol. The van der Waals surface area contributed by atoms with E-state index in [1.807, 2.05) is 22.9 Å². The third kappa shape index (κ3) is 4.60. The fourth-order valence-electron chi connectivity index (χ4n) is 2.25. The van der Waals surface area contributed by atoms with Crippen LogP contribution in [0.5, 0.6) is 5.75 Å². The van der Waals surface area contributed by atoms with Crippen LogP contribution in [-0.4, -0.2) is 27.4 Å². The molecule has 0 aliphatic rings. The van der Waals surface area contributed by atoms with Crippen LogP contribution in [-0.2, 0) is 19.4 Å². The second-order valence-corrected chi connectivity index (χ2v) is 5.21. The minimum atomic E-state index is -0.541. The van der Waals surface area contributed by atoms with Crippen molar-refractivity contribution in [3.05, 3.63) is 48.0 Å². The van der Waals surface area contributed by atoms with Crippen LogP contribution < -0.4 is 4.74 Å². The van der Waals surface area contributed by atoms with E-state index >= 15 is 0 Å². The second kappa shape index (κ2) is 7.84. The van der Waals surface area contributed by atoms with Gasteiger partial charge in [0.2, 0.25) is 0 Å². The Labute approximate surface area is 126 Å². The van der Waals surface area contributed by atoms with E-state index in [2.05, 4.69) is 31.0 Å². The van der Waals surface area contributed by atoms with E-state index in [1.54, 1.807) is 6.20 Å². The van der Waals surface area contributed by atoms with Crippen LogP contribution in [0.2, 0.25) is 0 Å². The highest BCUT2D eigenvalue weighted by atomic mass is 16.5. The molecule has 1 heterocycles. The van der Waals surface area contributed by atoms with Gasteiger partial charge in [0.15, 0.2) is 0 Å². The molecule has 2 aromatic rings. The number of benzene rings is 1. The lowest BCUT2D eigenvalue weighted by atomic mass is 10.2. The number of ether oxygens (including phenoxy) is 1. The first-order valence-corrected chi connectivity index (χ1v) is 7.62. The lowest BCUT2D eigenvalue weighted by Gasteiger charge is -2.15. The number of imidazole rings is 1. The lowest BCUT2D eigenvalue weighted by Crippen LogP contribution is -2.24. The molecule has 0 aliphatic heterocycles. The first kappa shape index (κ1) is 15.6. The molecule has 4 nitrogen and oxygen atoms in total. The van der Waals surface area contributed by atoms with Gasteiger partial charge in [0, 0.05) is 18.8 Å². The Kier molecular flexibility index (Phi) is 5.81. The molecule has 2 rings (SSSR count). The predicted molar refractivity (Wildman–Crippen MR) is 83.5 cm³/mol. The number of aromatic nitrogens is 2. The van der Waals surface area contributed by atoms with Crippen molar-refractivity contribution < 1.29 is 9.84 Å². The second-order valence-electron chi connectivity index (χ2n) is 5.21. The van der Waals surface area contributed by atoms with Crippen LogP contribution in [0.1, 0.15) is 31.7 Å². The summed E-state index contributed by atoms with van der Waals surface area (Å²) in [6.45, 7) is 5.05. The Morgan fingerprint density at radius 2 is 2.00 bits per heavy atom. The molecule has 0 amide bonds. The van der Waals surface area contributed by atoms with E-state index in [-0.39, 0.29) is 6.61 Å². The number of nitrogens with zero attached hydrogens (tertiary/aromatic N) is 2. The molecule has 1 aromatic carbocycles. The van der Waals surface area contributed by atoms with Crippen molar-refractivity contribution in [3.8, 4) is 5.75 Å². The van der Waals surface area contributed by atoms with E-state index in [0.29, 0.717) is 6.54 Å². The molecule has 0 fully saturated rings. The van der Waals surface area contributed by atoms with Gasteiger partial charge in [-0.2, -0.15) is 0 Å². The summed E-state index contributed by atoms with van der Waals surface area (Å²) in [4.78, 5) is 4.31. The topological polar surface area (TPSA) is 47.3 Å². The molecule has 0 bridgehead atoms. The first-order chi connectivity index (χ1) is 10.2. The van der Waals surface area contributed by atoms with Crippen LogP contribution >= 0.6 is 0 Å². The lowest BCUT2D eigenvalue weighted by molar-refractivity contribution is 0.0917. The van der Waals surface area contributed by atoms with Gasteiger partial charge in [-0.15, -0.1) is 0 Å². The smallest absolute Gasteiger partial charge is 0.119 e. The molecule has 4 heteroatoms. The zero-order valence-electron chi connectivity index (χ0n) is 12.8. The maximum Gasteiger partial charge on any atom is 0.119 e.